The Kier molecular flexibility index (Phi) is 3.12. The summed E-state index contributed by atoms with van der Waals surface area (Å²) in [6, 6.07) is 4.14. The zero-order chi connectivity index (χ0) is 9.14. The molecule has 0 aromatic carbocycles. The molecule has 3 heteroatoms. The summed E-state index contributed by atoms with van der Waals surface area (Å²) in [5.74, 6) is 0. The standard InChI is InChI=1S/C9H14N2S/c1-6(10)8-4-5-9(12-3)11-7(8)2/h4-6H,10H2,1-3H3. The second-order valence-corrected chi connectivity index (χ2v) is 3.64. The van der Waals surface area contributed by atoms with E-state index in [1.807, 2.05) is 26.2 Å². The Labute approximate surface area is 77.6 Å². The third kappa shape index (κ3) is 1.99. The van der Waals surface area contributed by atoms with Gasteiger partial charge in [-0.25, -0.2) is 4.98 Å². The van der Waals surface area contributed by atoms with Crippen LogP contribution in [0.4, 0.5) is 0 Å². The van der Waals surface area contributed by atoms with Gasteiger partial charge < -0.3 is 5.73 Å². The van der Waals surface area contributed by atoms with Crippen LogP contribution in [0.3, 0.4) is 0 Å². The second-order valence-electron chi connectivity index (χ2n) is 2.82. The van der Waals surface area contributed by atoms with E-state index in [2.05, 4.69) is 11.1 Å². The highest BCUT2D eigenvalue weighted by Crippen LogP contribution is 2.18. The molecule has 0 fully saturated rings. The van der Waals surface area contributed by atoms with Gasteiger partial charge >= 0.3 is 0 Å². The lowest BCUT2D eigenvalue weighted by atomic mass is 10.1. The molecule has 0 radical (unpaired) electrons. The maximum Gasteiger partial charge on any atom is 0.0960 e. The van der Waals surface area contributed by atoms with Crippen LogP contribution < -0.4 is 5.73 Å². The van der Waals surface area contributed by atoms with E-state index in [1.165, 1.54) is 0 Å². The number of nitrogens with two attached hydrogens (primary N) is 1. The van der Waals surface area contributed by atoms with Crippen molar-refractivity contribution in [3.8, 4) is 0 Å². The molecule has 66 valence electrons. The van der Waals surface area contributed by atoms with Gasteiger partial charge in [0.25, 0.3) is 0 Å². The number of aryl methyl sites for hydroxylation is 1. The maximum atomic E-state index is 5.76. The van der Waals surface area contributed by atoms with Crippen molar-refractivity contribution in [2.45, 2.75) is 24.9 Å². The highest BCUT2D eigenvalue weighted by molar-refractivity contribution is 7.98. The van der Waals surface area contributed by atoms with Crippen LogP contribution in [-0.4, -0.2) is 11.2 Å². The molecule has 0 aliphatic heterocycles. The quantitative estimate of drug-likeness (QED) is 0.712. The lowest BCUT2D eigenvalue weighted by molar-refractivity contribution is 0.792. The van der Waals surface area contributed by atoms with Gasteiger partial charge in [0.2, 0.25) is 0 Å². The van der Waals surface area contributed by atoms with Crippen LogP contribution in [-0.2, 0) is 0 Å². The molecule has 1 aromatic heterocycles. The first-order chi connectivity index (χ1) is 5.65. The highest BCUT2D eigenvalue weighted by Gasteiger charge is 2.04. The topological polar surface area (TPSA) is 38.9 Å². The average Bonchev–Trinajstić information content (AvgIpc) is 2.03. The van der Waals surface area contributed by atoms with Crippen molar-refractivity contribution in [1.29, 1.82) is 0 Å². The smallest absolute Gasteiger partial charge is 0.0960 e. The van der Waals surface area contributed by atoms with Gasteiger partial charge in [-0.15, -0.1) is 11.8 Å². The molecule has 0 aliphatic rings. The summed E-state index contributed by atoms with van der Waals surface area (Å²) in [6.45, 7) is 3.97. The van der Waals surface area contributed by atoms with Crippen molar-refractivity contribution >= 4 is 11.8 Å². The number of pyridine rings is 1. The summed E-state index contributed by atoms with van der Waals surface area (Å²) in [7, 11) is 0. The molecule has 0 saturated carbocycles. The zero-order valence-electron chi connectivity index (χ0n) is 7.66. The normalized spacial score (nSPS) is 13.0. The third-order valence-electron chi connectivity index (χ3n) is 1.80. The fraction of sp³-hybridized carbons (Fsp3) is 0.444. The van der Waals surface area contributed by atoms with E-state index in [1.54, 1.807) is 11.8 Å². The van der Waals surface area contributed by atoms with Gasteiger partial charge in [-0.2, -0.15) is 0 Å². The molecule has 0 bridgehead atoms. The maximum absolute atomic E-state index is 5.76. The largest absolute Gasteiger partial charge is 0.324 e. The minimum Gasteiger partial charge on any atom is -0.324 e. The number of rotatable bonds is 2. The number of nitrogens with zero attached hydrogens (tertiary/aromatic N) is 1. The Balaban J connectivity index is 3.03. The SMILES string of the molecule is CSc1ccc(C(C)N)c(C)n1. The summed E-state index contributed by atoms with van der Waals surface area (Å²) in [5.41, 5.74) is 7.93. The Morgan fingerprint density at radius 2 is 2.17 bits per heavy atom. The Hall–Kier alpha value is -0.540. The molecule has 1 aromatic rings. The zero-order valence-corrected chi connectivity index (χ0v) is 8.48. The number of thioether (sulfide) groups is 1. The molecular weight excluding hydrogens is 168 g/mol. The number of hydrogen-bond donors (Lipinski definition) is 1. The van der Waals surface area contributed by atoms with Crippen LogP contribution in [0.2, 0.25) is 0 Å². The van der Waals surface area contributed by atoms with E-state index in [4.69, 9.17) is 5.73 Å². The van der Waals surface area contributed by atoms with Crippen LogP contribution in [0, 0.1) is 6.92 Å². The van der Waals surface area contributed by atoms with E-state index in [0.717, 1.165) is 16.3 Å². The number of hydrogen-bond acceptors (Lipinski definition) is 3. The van der Waals surface area contributed by atoms with Crippen LogP contribution in [0.15, 0.2) is 17.2 Å². The first kappa shape index (κ1) is 9.55. The van der Waals surface area contributed by atoms with Gasteiger partial charge in [-0.05, 0) is 31.7 Å². The van der Waals surface area contributed by atoms with Crippen molar-refractivity contribution in [1.82, 2.24) is 4.98 Å². The van der Waals surface area contributed by atoms with Crippen LogP contribution in [0.5, 0.6) is 0 Å². The average molecular weight is 182 g/mol. The van der Waals surface area contributed by atoms with Crippen molar-refractivity contribution in [2.75, 3.05) is 6.26 Å². The summed E-state index contributed by atoms with van der Waals surface area (Å²) >= 11 is 1.65. The first-order valence-electron chi connectivity index (χ1n) is 3.92. The molecule has 0 aliphatic carbocycles. The minimum absolute atomic E-state index is 0.0772. The van der Waals surface area contributed by atoms with Gasteiger partial charge in [-0.3, -0.25) is 0 Å². The van der Waals surface area contributed by atoms with E-state index in [0.29, 0.717) is 0 Å². The molecule has 1 unspecified atom stereocenters. The van der Waals surface area contributed by atoms with Crippen molar-refractivity contribution in [2.24, 2.45) is 5.73 Å². The van der Waals surface area contributed by atoms with Crippen molar-refractivity contribution < 1.29 is 0 Å². The molecule has 12 heavy (non-hydrogen) atoms. The minimum atomic E-state index is 0.0772. The summed E-state index contributed by atoms with van der Waals surface area (Å²) in [5, 5.41) is 1.05. The van der Waals surface area contributed by atoms with Crippen molar-refractivity contribution in [3.63, 3.8) is 0 Å². The fourth-order valence-electron chi connectivity index (χ4n) is 1.14. The molecule has 0 saturated heterocycles. The first-order valence-corrected chi connectivity index (χ1v) is 5.14. The fourth-order valence-corrected chi connectivity index (χ4v) is 1.58. The molecule has 1 rings (SSSR count). The van der Waals surface area contributed by atoms with Crippen LogP contribution in [0.25, 0.3) is 0 Å². The molecule has 0 spiro atoms. The van der Waals surface area contributed by atoms with E-state index in [9.17, 15) is 0 Å². The predicted octanol–water partition coefficient (Wildman–Crippen LogP) is 2.13. The van der Waals surface area contributed by atoms with E-state index < -0.39 is 0 Å². The second kappa shape index (κ2) is 3.92. The Bertz CT molecular complexity index is 271. The van der Waals surface area contributed by atoms with Crippen LogP contribution in [0.1, 0.15) is 24.2 Å². The molecule has 2 N–H and O–H groups in total. The van der Waals surface area contributed by atoms with Gasteiger partial charge in [0.05, 0.1) is 5.03 Å². The van der Waals surface area contributed by atoms with Gasteiger partial charge in [0, 0.05) is 11.7 Å². The summed E-state index contributed by atoms with van der Waals surface area (Å²) in [4.78, 5) is 4.40. The summed E-state index contributed by atoms with van der Waals surface area (Å²) in [6.07, 6.45) is 2.02. The molecule has 0 amide bonds. The Morgan fingerprint density at radius 3 is 2.58 bits per heavy atom. The molecular formula is C9H14N2S. The lowest BCUT2D eigenvalue weighted by Gasteiger charge is -2.09. The van der Waals surface area contributed by atoms with Gasteiger partial charge in [-0.1, -0.05) is 6.07 Å². The third-order valence-corrected chi connectivity index (χ3v) is 2.45. The molecule has 1 heterocycles. The Morgan fingerprint density at radius 1 is 1.50 bits per heavy atom. The van der Waals surface area contributed by atoms with Crippen LogP contribution >= 0.6 is 11.8 Å². The van der Waals surface area contributed by atoms with E-state index in [-0.39, 0.29) is 6.04 Å². The highest BCUT2D eigenvalue weighted by atomic mass is 32.2. The molecule has 1 atom stereocenters. The summed E-state index contributed by atoms with van der Waals surface area (Å²) < 4.78 is 0. The van der Waals surface area contributed by atoms with E-state index >= 15 is 0 Å². The monoisotopic (exact) mass is 182 g/mol. The van der Waals surface area contributed by atoms with Gasteiger partial charge in [0.15, 0.2) is 0 Å². The predicted molar refractivity (Wildman–Crippen MR) is 53.4 cm³/mol. The number of aromatic nitrogens is 1. The van der Waals surface area contributed by atoms with Gasteiger partial charge in [0.1, 0.15) is 0 Å². The molecule has 2 nitrogen and oxygen atoms in total. The van der Waals surface area contributed by atoms with Crippen molar-refractivity contribution in [3.05, 3.63) is 23.4 Å². The lowest BCUT2D eigenvalue weighted by Crippen LogP contribution is -2.07.